The maximum absolute atomic E-state index is 11.7. The number of hydrogen-bond donors (Lipinski definition) is 1. The molecule has 1 atom stereocenters. The molecule has 0 aromatic carbocycles. The van der Waals surface area contributed by atoms with Crippen LogP contribution in [0.4, 0.5) is 0 Å². The van der Waals surface area contributed by atoms with Crippen LogP contribution >= 0.6 is 11.8 Å². The molecule has 0 radical (unpaired) electrons. The van der Waals surface area contributed by atoms with Gasteiger partial charge in [-0.3, -0.25) is 9.59 Å². The fraction of sp³-hybridized carbons (Fsp3) is 0.867. The number of amides is 1. The van der Waals surface area contributed by atoms with Gasteiger partial charge in [0.15, 0.2) is 5.78 Å². The molecule has 1 aliphatic carbocycles. The normalized spacial score (nSPS) is 19.4. The summed E-state index contributed by atoms with van der Waals surface area (Å²) < 4.78 is 0. The first kappa shape index (κ1) is 16.5. The molecule has 1 rings (SSSR count). The summed E-state index contributed by atoms with van der Waals surface area (Å²) in [6, 6.07) is -0.202. The third kappa shape index (κ3) is 7.61. The van der Waals surface area contributed by atoms with Crippen LogP contribution in [0.3, 0.4) is 0 Å². The molecule has 1 unspecified atom stereocenters. The molecule has 1 fully saturated rings. The lowest BCUT2D eigenvalue weighted by Crippen LogP contribution is -2.43. The minimum absolute atomic E-state index is 0.0267. The summed E-state index contributed by atoms with van der Waals surface area (Å²) in [5.41, 5.74) is 0. The molecular formula is C15H27NO2S. The van der Waals surface area contributed by atoms with Crippen molar-refractivity contribution in [2.75, 3.05) is 11.5 Å². The Hall–Kier alpha value is -0.510. The van der Waals surface area contributed by atoms with Crippen LogP contribution in [-0.4, -0.2) is 29.2 Å². The quantitative estimate of drug-likeness (QED) is 0.661. The Kier molecular flexibility index (Phi) is 8.97. The number of nitrogens with one attached hydrogen (secondary N) is 1. The third-order valence-corrected chi connectivity index (χ3v) is 4.56. The van der Waals surface area contributed by atoms with Gasteiger partial charge in [0.05, 0.1) is 11.8 Å². The molecule has 1 aliphatic rings. The van der Waals surface area contributed by atoms with E-state index in [4.69, 9.17) is 0 Å². The van der Waals surface area contributed by atoms with Crippen molar-refractivity contribution in [2.24, 2.45) is 0 Å². The summed E-state index contributed by atoms with van der Waals surface area (Å²) in [6.45, 7) is 2.21. The van der Waals surface area contributed by atoms with E-state index in [0.29, 0.717) is 12.2 Å². The van der Waals surface area contributed by atoms with Crippen molar-refractivity contribution in [1.29, 1.82) is 0 Å². The first-order valence-electron chi connectivity index (χ1n) is 7.64. The van der Waals surface area contributed by atoms with E-state index < -0.39 is 0 Å². The van der Waals surface area contributed by atoms with Gasteiger partial charge in [-0.25, -0.2) is 0 Å². The minimum atomic E-state index is -0.202. The molecule has 0 heterocycles. The zero-order valence-electron chi connectivity index (χ0n) is 12.1. The molecule has 0 aliphatic heterocycles. The van der Waals surface area contributed by atoms with Crippen LogP contribution in [0, 0.1) is 0 Å². The Morgan fingerprint density at radius 2 is 2.05 bits per heavy atom. The summed E-state index contributed by atoms with van der Waals surface area (Å²) in [5.74, 6) is 1.79. The fourth-order valence-electron chi connectivity index (χ4n) is 2.34. The van der Waals surface area contributed by atoms with Gasteiger partial charge in [0.1, 0.15) is 0 Å². The molecule has 1 N–H and O–H groups in total. The van der Waals surface area contributed by atoms with E-state index in [9.17, 15) is 9.59 Å². The van der Waals surface area contributed by atoms with Crippen LogP contribution in [-0.2, 0) is 9.59 Å². The van der Waals surface area contributed by atoms with Crippen LogP contribution in [0.15, 0.2) is 0 Å². The highest BCUT2D eigenvalue weighted by Gasteiger charge is 2.23. The number of Topliss-reactive ketones (excluding diaryl/α,β-unsaturated/α-hetero) is 1. The number of carbonyl (C=O) groups is 2. The first-order valence-corrected chi connectivity index (χ1v) is 8.79. The van der Waals surface area contributed by atoms with Crippen LogP contribution in [0.25, 0.3) is 0 Å². The SMILES string of the molecule is CCCCCCCSCC(=O)NC1CCCCC1=O. The number of carbonyl (C=O) groups excluding carboxylic acids is 2. The molecule has 1 saturated carbocycles. The Morgan fingerprint density at radius 3 is 2.79 bits per heavy atom. The second-order valence-corrected chi connectivity index (χ2v) is 6.40. The molecule has 3 nitrogen and oxygen atoms in total. The highest BCUT2D eigenvalue weighted by Crippen LogP contribution is 2.15. The Bertz CT molecular complexity index is 281. The molecular weight excluding hydrogens is 258 g/mol. The standard InChI is InChI=1S/C15H27NO2S/c1-2-3-4-5-8-11-19-12-15(18)16-13-9-6-7-10-14(13)17/h13H,2-12H2,1H3,(H,16,18). The van der Waals surface area contributed by atoms with Gasteiger partial charge in [0.2, 0.25) is 5.91 Å². The van der Waals surface area contributed by atoms with Crippen molar-refractivity contribution in [3.63, 3.8) is 0 Å². The molecule has 0 aromatic heterocycles. The number of thioether (sulfide) groups is 1. The first-order chi connectivity index (χ1) is 9.24. The van der Waals surface area contributed by atoms with Crippen LogP contribution in [0.2, 0.25) is 0 Å². The zero-order chi connectivity index (χ0) is 13.9. The van der Waals surface area contributed by atoms with Gasteiger partial charge in [-0.2, -0.15) is 11.8 Å². The Labute approximate surface area is 121 Å². The van der Waals surface area contributed by atoms with Crippen LogP contribution in [0.5, 0.6) is 0 Å². The second kappa shape index (κ2) is 10.3. The van der Waals surface area contributed by atoms with Crippen molar-refractivity contribution < 1.29 is 9.59 Å². The summed E-state index contributed by atoms with van der Waals surface area (Å²) >= 11 is 1.69. The summed E-state index contributed by atoms with van der Waals surface area (Å²) in [6.07, 6.45) is 9.85. The van der Waals surface area contributed by atoms with Crippen LogP contribution < -0.4 is 5.32 Å². The van der Waals surface area contributed by atoms with Gasteiger partial charge in [-0.15, -0.1) is 0 Å². The Balaban J connectivity index is 2.00. The largest absolute Gasteiger partial charge is 0.346 e. The summed E-state index contributed by atoms with van der Waals surface area (Å²) in [5, 5.41) is 2.87. The number of rotatable bonds is 9. The van der Waals surface area contributed by atoms with E-state index >= 15 is 0 Å². The molecule has 19 heavy (non-hydrogen) atoms. The predicted molar refractivity (Wildman–Crippen MR) is 81.5 cm³/mol. The molecule has 0 bridgehead atoms. The fourth-order valence-corrected chi connectivity index (χ4v) is 3.17. The average molecular weight is 285 g/mol. The van der Waals surface area contributed by atoms with Gasteiger partial charge in [-0.1, -0.05) is 39.0 Å². The topological polar surface area (TPSA) is 46.2 Å². The van der Waals surface area contributed by atoms with Gasteiger partial charge in [0.25, 0.3) is 0 Å². The lowest BCUT2D eigenvalue weighted by Gasteiger charge is -2.21. The molecule has 1 amide bonds. The van der Waals surface area contributed by atoms with Crippen molar-refractivity contribution in [1.82, 2.24) is 5.32 Å². The van der Waals surface area contributed by atoms with E-state index in [0.717, 1.165) is 25.0 Å². The zero-order valence-corrected chi connectivity index (χ0v) is 12.9. The molecule has 0 aromatic rings. The summed E-state index contributed by atoms with van der Waals surface area (Å²) in [4.78, 5) is 23.3. The molecule has 0 spiro atoms. The van der Waals surface area contributed by atoms with E-state index in [1.807, 2.05) is 0 Å². The van der Waals surface area contributed by atoms with Gasteiger partial charge >= 0.3 is 0 Å². The minimum Gasteiger partial charge on any atom is -0.346 e. The predicted octanol–water partition coefficient (Wildman–Crippen LogP) is 3.32. The lowest BCUT2D eigenvalue weighted by atomic mass is 9.94. The van der Waals surface area contributed by atoms with Crippen LogP contribution in [0.1, 0.15) is 64.7 Å². The number of ketones is 1. The summed E-state index contributed by atoms with van der Waals surface area (Å²) in [7, 11) is 0. The maximum atomic E-state index is 11.7. The van der Waals surface area contributed by atoms with E-state index in [1.165, 1.54) is 32.1 Å². The smallest absolute Gasteiger partial charge is 0.230 e. The van der Waals surface area contributed by atoms with E-state index in [-0.39, 0.29) is 17.7 Å². The monoisotopic (exact) mass is 285 g/mol. The van der Waals surface area contributed by atoms with E-state index in [2.05, 4.69) is 12.2 Å². The molecule has 110 valence electrons. The van der Waals surface area contributed by atoms with Gasteiger partial charge in [0, 0.05) is 6.42 Å². The second-order valence-electron chi connectivity index (χ2n) is 5.30. The van der Waals surface area contributed by atoms with E-state index in [1.54, 1.807) is 11.8 Å². The lowest BCUT2D eigenvalue weighted by molar-refractivity contribution is -0.127. The highest BCUT2D eigenvalue weighted by molar-refractivity contribution is 7.99. The Morgan fingerprint density at radius 1 is 1.26 bits per heavy atom. The van der Waals surface area contributed by atoms with Gasteiger partial charge < -0.3 is 5.32 Å². The third-order valence-electron chi connectivity index (χ3n) is 3.52. The van der Waals surface area contributed by atoms with Crippen molar-refractivity contribution in [2.45, 2.75) is 70.8 Å². The average Bonchev–Trinajstić information content (AvgIpc) is 2.40. The number of hydrogen-bond acceptors (Lipinski definition) is 3. The van der Waals surface area contributed by atoms with Crippen molar-refractivity contribution in [3.8, 4) is 0 Å². The number of unbranched alkanes of at least 4 members (excludes halogenated alkanes) is 4. The van der Waals surface area contributed by atoms with Gasteiger partial charge in [-0.05, 0) is 25.0 Å². The molecule has 0 saturated heterocycles. The van der Waals surface area contributed by atoms with Crippen molar-refractivity contribution >= 4 is 23.5 Å². The molecule has 4 heteroatoms. The van der Waals surface area contributed by atoms with Crippen molar-refractivity contribution in [3.05, 3.63) is 0 Å². The maximum Gasteiger partial charge on any atom is 0.230 e. The highest BCUT2D eigenvalue weighted by atomic mass is 32.2.